The highest BCUT2D eigenvalue weighted by molar-refractivity contribution is 6.07. The zero-order valence-corrected chi connectivity index (χ0v) is 7.67. The van der Waals surface area contributed by atoms with E-state index < -0.39 is 0 Å². The summed E-state index contributed by atoms with van der Waals surface area (Å²) in [5.74, 6) is -0.315. The lowest BCUT2D eigenvalue weighted by atomic mass is 10.2. The first-order chi connectivity index (χ1) is 7.25. The molecule has 0 aliphatic heterocycles. The van der Waals surface area contributed by atoms with E-state index in [0.29, 0.717) is 16.3 Å². The fourth-order valence-electron chi connectivity index (χ4n) is 1.83. The fraction of sp³-hybridized carbons (Fsp3) is 0. The molecule has 1 aromatic carbocycles. The molecule has 0 fully saturated rings. The number of hydrogen-bond acceptors (Lipinski definition) is 1. The maximum atomic E-state index is 13.5. The molecule has 0 saturated heterocycles. The van der Waals surface area contributed by atoms with Crippen molar-refractivity contribution in [2.24, 2.45) is 0 Å². The summed E-state index contributed by atoms with van der Waals surface area (Å²) in [5.41, 5.74) is 1.20. The van der Waals surface area contributed by atoms with Crippen LogP contribution in [-0.4, -0.2) is 9.97 Å². The number of hydrogen-bond donors (Lipinski definition) is 2. The molecule has 3 aromatic rings. The van der Waals surface area contributed by atoms with Crippen LogP contribution in [-0.2, 0) is 0 Å². The Morgan fingerprint density at radius 1 is 1.20 bits per heavy atom. The van der Waals surface area contributed by atoms with Crippen LogP contribution < -0.4 is 5.56 Å². The Balaban J connectivity index is 2.67. The van der Waals surface area contributed by atoms with Crippen molar-refractivity contribution < 1.29 is 4.39 Å². The predicted octanol–water partition coefficient (Wildman–Crippen LogP) is 2.15. The van der Waals surface area contributed by atoms with Gasteiger partial charge in [0.2, 0.25) is 5.56 Å². The molecule has 0 aliphatic rings. The Hall–Kier alpha value is -2.10. The molecule has 3 rings (SSSR count). The number of rotatable bonds is 0. The quantitative estimate of drug-likeness (QED) is 0.576. The van der Waals surface area contributed by atoms with Crippen molar-refractivity contribution >= 4 is 21.8 Å². The average Bonchev–Trinajstić information content (AvgIpc) is 2.57. The second-order valence-electron chi connectivity index (χ2n) is 3.41. The van der Waals surface area contributed by atoms with Crippen LogP contribution in [0.25, 0.3) is 21.8 Å². The number of fused-ring (bicyclic) bond motifs is 3. The molecule has 0 bridgehead atoms. The zero-order chi connectivity index (χ0) is 10.4. The second kappa shape index (κ2) is 2.70. The van der Waals surface area contributed by atoms with Crippen molar-refractivity contribution in [3.63, 3.8) is 0 Å². The number of H-pyrrole nitrogens is 2. The van der Waals surface area contributed by atoms with E-state index in [2.05, 4.69) is 9.97 Å². The summed E-state index contributed by atoms with van der Waals surface area (Å²) in [6.45, 7) is 0. The van der Waals surface area contributed by atoms with Gasteiger partial charge in [-0.2, -0.15) is 0 Å². The third-order valence-electron chi connectivity index (χ3n) is 2.48. The summed E-state index contributed by atoms with van der Waals surface area (Å²) < 4.78 is 13.5. The number of halogens is 1. The van der Waals surface area contributed by atoms with E-state index in [1.54, 1.807) is 18.3 Å². The molecule has 0 spiro atoms. The van der Waals surface area contributed by atoms with Gasteiger partial charge in [0.15, 0.2) is 0 Å². The van der Waals surface area contributed by atoms with Crippen LogP contribution in [0.1, 0.15) is 0 Å². The highest BCUT2D eigenvalue weighted by Crippen LogP contribution is 2.25. The number of benzene rings is 1. The van der Waals surface area contributed by atoms with E-state index in [-0.39, 0.29) is 11.4 Å². The molecule has 3 nitrogen and oxygen atoms in total. The summed E-state index contributed by atoms with van der Waals surface area (Å²) in [6, 6.07) is 6.20. The van der Waals surface area contributed by atoms with Crippen LogP contribution in [0.2, 0.25) is 0 Å². The maximum Gasteiger partial charge on any atom is 0.248 e. The van der Waals surface area contributed by atoms with E-state index in [4.69, 9.17) is 0 Å². The van der Waals surface area contributed by atoms with Gasteiger partial charge in [0, 0.05) is 28.6 Å². The Morgan fingerprint density at radius 3 is 2.93 bits per heavy atom. The minimum absolute atomic E-state index is 0.230. The second-order valence-corrected chi connectivity index (χ2v) is 3.41. The number of nitrogens with one attached hydrogen (secondary N) is 2. The lowest BCUT2D eigenvalue weighted by molar-refractivity contribution is 0.640. The zero-order valence-electron chi connectivity index (χ0n) is 7.67. The van der Waals surface area contributed by atoms with Gasteiger partial charge < -0.3 is 9.97 Å². The van der Waals surface area contributed by atoms with Crippen LogP contribution in [0.4, 0.5) is 4.39 Å². The van der Waals surface area contributed by atoms with E-state index in [1.807, 2.05) is 0 Å². The lowest BCUT2D eigenvalue weighted by Crippen LogP contribution is -2.00. The summed E-state index contributed by atoms with van der Waals surface area (Å²) >= 11 is 0. The van der Waals surface area contributed by atoms with Crippen molar-refractivity contribution in [1.82, 2.24) is 9.97 Å². The Bertz CT molecular complexity index is 711. The van der Waals surface area contributed by atoms with E-state index in [1.165, 1.54) is 12.1 Å². The standard InChI is InChI=1S/C11H7FN2O/c12-7-2-1-3-8-11(7)6-4-10(15)13-5-9(6)14-8/h1-5,14H,(H,13,15). The number of aromatic nitrogens is 2. The Labute approximate surface area is 83.6 Å². The molecule has 0 amide bonds. The molecule has 0 aliphatic carbocycles. The maximum absolute atomic E-state index is 13.5. The minimum atomic E-state index is -0.315. The smallest absolute Gasteiger partial charge is 0.248 e. The van der Waals surface area contributed by atoms with Gasteiger partial charge >= 0.3 is 0 Å². The monoisotopic (exact) mass is 202 g/mol. The molecule has 15 heavy (non-hydrogen) atoms. The minimum Gasteiger partial charge on any atom is -0.353 e. The predicted molar refractivity (Wildman–Crippen MR) is 56.4 cm³/mol. The van der Waals surface area contributed by atoms with E-state index in [0.717, 1.165) is 5.52 Å². The van der Waals surface area contributed by atoms with Crippen molar-refractivity contribution in [3.8, 4) is 0 Å². The molecule has 0 unspecified atom stereocenters. The molecular formula is C11H7FN2O. The Morgan fingerprint density at radius 2 is 2.07 bits per heavy atom. The van der Waals surface area contributed by atoms with Crippen molar-refractivity contribution in [1.29, 1.82) is 0 Å². The summed E-state index contributed by atoms with van der Waals surface area (Å²) in [7, 11) is 0. The molecular weight excluding hydrogens is 195 g/mol. The highest BCUT2D eigenvalue weighted by Gasteiger charge is 2.08. The van der Waals surface area contributed by atoms with Gasteiger partial charge in [0.25, 0.3) is 0 Å². The van der Waals surface area contributed by atoms with Crippen molar-refractivity contribution in [2.45, 2.75) is 0 Å². The highest BCUT2D eigenvalue weighted by atomic mass is 19.1. The van der Waals surface area contributed by atoms with Crippen LogP contribution in [0.3, 0.4) is 0 Å². The van der Waals surface area contributed by atoms with Crippen LogP contribution in [0, 0.1) is 5.82 Å². The molecule has 4 heteroatoms. The van der Waals surface area contributed by atoms with Gasteiger partial charge in [-0.15, -0.1) is 0 Å². The van der Waals surface area contributed by atoms with Crippen LogP contribution in [0.5, 0.6) is 0 Å². The van der Waals surface area contributed by atoms with Gasteiger partial charge in [0.05, 0.1) is 5.52 Å². The van der Waals surface area contributed by atoms with Gasteiger partial charge in [-0.05, 0) is 12.1 Å². The topological polar surface area (TPSA) is 48.6 Å². The molecule has 74 valence electrons. The molecule has 2 N–H and O–H groups in total. The third-order valence-corrected chi connectivity index (χ3v) is 2.48. The van der Waals surface area contributed by atoms with E-state index in [9.17, 15) is 9.18 Å². The van der Waals surface area contributed by atoms with Crippen molar-refractivity contribution in [2.75, 3.05) is 0 Å². The SMILES string of the molecule is O=c1cc2c(c[nH]1)[nH]c1cccc(F)c12. The first-order valence-corrected chi connectivity index (χ1v) is 4.54. The summed E-state index contributed by atoms with van der Waals surface area (Å²) in [6.07, 6.45) is 1.55. The molecule has 0 saturated carbocycles. The van der Waals surface area contributed by atoms with Gasteiger partial charge in [-0.25, -0.2) is 4.39 Å². The van der Waals surface area contributed by atoms with Gasteiger partial charge in [0.1, 0.15) is 5.82 Å². The lowest BCUT2D eigenvalue weighted by Gasteiger charge is -1.91. The van der Waals surface area contributed by atoms with E-state index >= 15 is 0 Å². The largest absolute Gasteiger partial charge is 0.353 e. The molecule has 2 heterocycles. The summed E-state index contributed by atoms with van der Waals surface area (Å²) in [5, 5.41) is 1.09. The first kappa shape index (κ1) is 8.23. The third kappa shape index (κ3) is 1.08. The van der Waals surface area contributed by atoms with Gasteiger partial charge in [-0.1, -0.05) is 6.07 Å². The first-order valence-electron chi connectivity index (χ1n) is 4.54. The normalized spacial score (nSPS) is 11.3. The number of pyridine rings is 1. The van der Waals surface area contributed by atoms with Crippen molar-refractivity contribution in [3.05, 3.63) is 46.6 Å². The Kier molecular flexibility index (Phi) is 1.48. The molecule has 0 atom stereocenters. The fourth-order valence-corrected chi connectivity index (χ4v) is 1.83. The van der Waals surface area contributed by atoms with Crippen LogP contribution >= 0.6 is 0 Å². The van der Waals surface area contributed by atoms with Gasteiger partial charge in [-0.3, -0.25) is 4.79 Å². The van der Waals surface area contributed by atoms with Crippen LogP contribution in [0.15, 0.2) is 35.3 Å². The summed E-state index contributed by atoms with van der Waals surface area (Å²) in [4.78, 5) is 16.7. The average molecular weight is 202 g/mol. The molecule has 0 radical (unpaired) electrons. The molecule has 2 aromatic heterocycles. The number of aromatic amines is 2.